The number of benzene rings is 2. The summed E-state index contributed by atoms with van der Waals surface area (Å²) in [5.41, 5.74) is -9.32. The molecule has 2 atom stereocenters. The van der Waals surface area contributed by atoms with Gasteiger partial charge in [-0.25, -0.2) is 17.2 Å². The maximum Gasteiger partial charge on any atom is 0.430 e. The van der Waals surface area contributed by atoms with Crippen molar-refractivity contribution >= 4 is 21.6 Å². The summed E-state index contributed by atoms with van der Waals surface area (Å²) in [6.07, 6.45) is -15.4. The molecule has 1 aliphatic rings. The Kier molecular flexibility index (Phi) is 8.74. The number of carbonyl (C=O) groups excluding carboxylic acids is 1. The highest BCUT2D eigenvalue weighted by Crippen LogP contribution is 2.51. The van der Waals surface area contributed by atoms with Gasteiger partial charge in [0, 0.05) is 12.0 Å². The number of fused-ring (bicyclic) bond motifs is 1. The number of carbonyl (C=O) groups is 1. The first kappa shape index (κ1) is 32.5. The number of nitrogens with one attached hydrogen (secondary N) is 1. The van der Waals surface area contributed by atoms with Gasteiger partial charge in [0.05, 0.1) is 28.8 Å². The number of halogens is 8. The van der Waals surface area contributed by atoms with Gasteiger partial charge in [-0.2, -0.15) is 26.3 Å². The van der Waals surface area contributed by atoms with Crippen LogP contribution < -0.4 is 9.62 Å². The Morgan fingerprint density at radius 3 is 2.10 bits per heavy atom. The van der Waals surface area contributed by atoms with E-state index in [0.29, 0.717) is 16.4 Å². The van der Waals surface area contributed by atoms with Crippen molar-refractivity contribution in [3.63, 3.8) is 0 Å². The van der Waals surface area contributed by atoms with Gasteiger partial charge in [0.2, 0.25) is 5.91 Å². The van der Waals surface area contributed by atoms with Crippen molar-refractivity contribution in [3.8, 4) is 0 Å². The minimum absolute atomic E-state index is 0.273. The van der Waals surface area contributed by atoms with Gasteiger partial charge in [0.15, 0.2) is 0 Å². The van der Waals surface area contributed by atoms with Crippen LogP contribution in [0.4, 0.5) is 40.8 Å². The molecule has 0 fully saturated rings. The SMILES string of the molecule is CC(C)(O)[C@@H](F)CNC(=O)C[C@@H]1CCc2cc(C(O)(C(F)(F)F)C(F)(F)F)ccc2N1S(=O)(=O)c1ccc(F)cc1. The van der Waals surface area contributed by atoms with Crippen LogP contribution in [0.1, 0.15) is 37.8 Å². The topological polar surface area (TPSA) is 107 Å². The molecule has 0 aromatic heterocycles. The van der Waals surface area contributed by atoms with E-state index in [1.54, 1.807) is 0 Å². The molecule has 3 rings (SSSR count). The number of alkyl halides is 7. The predicted molar refractivity (Wildman–Crippen MR) is 129 cm³/mol. The number of rotatable bonds is 8. The van der Waals surface area contributed by atoms with E-state index < -0.39 is 80.9 Å². The fourth-order valence-electron chi connectivity index (χ4n) is 4.32. The third-order valence-electron chi connectivity index (χ3n) is 6.67. The maximum atomic E-state index is 14.1. The lowest BCUT2D eigenvalue weighted by molar-refractivity contribution is -0.376. The molecular weight excluding hydrogens is 592 g/mol. The molecule has 0 saturated heterocycles. The second-order valence-electron chi connectivity index (χ2n) is 10.1. The van der Waals surface area contributed by atoms with Crippen LogP contribution in [0.5, 0.6) is 0 Å². The highest BCUT2D eigenvalue weighted by atomic mass is 32.2. The standard InChI is InChI=1S/C25H26F8N2O5S/c1-22(2,37)20(27)13-34-21(36)12-17-7-3-14-11-15(23(38,24(28,29)30)25(31,32)33)4-10-19(14)35(17)41(39,40)18-8-5-16(26)6-9-18/h4-6,8-11,17,20,37-38H,3,7,12-13H2,1-2H3,(H,34,36)/t17-,20-/m0/s1. The molecule has 1 heterocycles. The maximum absolute atomic E-state index is 14.1. The summed E-state index contributed by atoms with van der Waals surface area (Å²) >= 11 is 0. The molecule has 0 unspecified atom stereocenters. The minimum atomic E-state index is -6.17. The fraction of sp³-hybridized carbons (Fsp3) is 0.480. The average Bonchev–Trinajstić information content (AvgIpc) is 2.84. The van der Waals surface area contributed by atoms with Crippen LogP contribution in [0.15, 0.2) is 47.4 Å². The lowest BCUT2D eigenvalue weighted by Crippen LogP contribution is -2.54. The van der Waals surface area contributed by atoms with Crippen molar-refractivity contribution in [1.29, 1.82) is 0 Å². The monoisotopic (exact) mass is 618 g/mol. The molecule has 41 heavy (non-hydrogen) atoms. The van der Waals surface area contributed by atoms with Gasteiger partial charge in [-0.1, -0.05) is 12.1 Å². The zero-order valence-electron chi connectivity index (χ0n) is 21.5. The smallest absolute Gasteiger partial charge is 0.387 e. The number of anilines is 1. The number of nitrogens with zero attached hydrogens (tertiary/aromatic N) is 1. The Hall–Kier alpha value is -2.98. The highest BCUT2D eigenvalue weighted by molar-refractivity contribution is 7.92. The molecule has 7 nitrogen and oxygen atoms in total. The van der Waals surface area contributed by atoms with Crippen LogP contribution in [-0.4, -0.2) is 61.2 Å². The molecule has 228 valence electrons. The molecule has 0 radical (unpaired) electrons. The third kappa shape index (κ3) is 6.43. The summed E-state index contributed by atoms with van der Waals surface area (Å²) in [4.78, 5) is 12.1. The molecule has 0 saturated carbocycles. The van der Waals surface area contributed by atoms with Crippen LogP contribution >= 0.6 is 0 Å². The number of aliphatic hydroxyl groups is 2. The van der Waals surface area contributed by atoms with Crippen molar-refractivity contribution in [3.05, 3.63) is 59.4 Å². The first-order valence-electron chi connectivity index (χ1n) is 12.0. The minimum Gasteiger partial charge on any atom is -0.387 e. The number of sulfonamides is 1. The summed E-state index contributed by atoms with van der Waals surface area (Å²) in [6.45, 7) is 1.69. The second kappa shape index (κ2) is 11.0. The molecule has 2 aromatic carbocycles. The van der Waals surface area contributed by atoms with Gasteiger partial charge in [0.25, 0.3) is 15.6 Å². The van der Waals surface area contributed by atoms with E-state index in [2.05, 4.69) is 5.32 Å². The first-order chi connectivity index (χ1) is 18.6. The van der Waals surface area contributed by atoms with Gasteiger partial charge in [-0.15, -0.1) is 0 Å². The average molecular weight is 619 g/mol. The van der Waals surface area contributed by atoms with E-state index in [0.717, 1.165) is 38.1 Å². The predicted octanol–water partition coefficient (Wildman–Crippen LogP) is 4.26. The van der Waals surface area contributed by atoms with E-state index >= 15 is 0 Å². The number of hydrogen-bond donors (Lipinski definition) is 3. The lowest BCUT2D eigenvalue weighted by Gasteiger charge is -2.39. The number of amides is 1. The quantitative estimate of drug-likeness (QED) is 0.384. The fourth-order valence-corrected chi connectivity index (χ4v) is 6.04. The Balaban J connectivity index is 2.07. The lowest BCUT2D eigenvalue weighted by atomic mass is 9.87. The molecule has 2 aromatic rings. The largest absolute Gasteiger partial charge is 0.430 e. The van der Waals surface area contributed by atoms with E-state index in [9.17, 15) is 58.5 Å². The number of aryl methyl sites for hydroxylation is 1. The molecule has 1 aliphatic heterocycles. The van der Waals surface area contributed by atoms with Gasteiger partial charge in [0.1, 0.15) is 12.0 Å². The van der Waals surface area contributed by atoms with Crippen LogP contribution in [0, 0.1) is 5.82 Å². The van der Waals surface area contributed by atoms with Gasteiger partial charge >= 0.3 is 12.4 Å². The molecule has 0 spiro atoms. The van der Waals surface area contributed by atoms with Crippen molar-refractivity contribution in [2.75, 3.05) is 10.8 Å². The zero-order chi connectivity index (χ0) is 31.2. The van der Waals surface area contributed by atoms with Crippen LogP contribution in [0.2, 0.25) is 0 Å². The van der Waals surface area contributed by atoms with Gasteiger partial charge in [-0.3, -0.25) is 9.10 Å². The van der Waals surface area contributed by atoms with Crippen molar-refractivity contribution in [1.82, 2.24) is 5.32 Å². The normalized spacial score (nSPS) is 17.7. The molecular formula is C25H26F8N2O5S. The van der Waals surface area contributed by atoms with Gasteiger partial charge in [-0.05, 0) is 62.6 Å². The van der Waals surface area contributed by atoms with E-state index in [-0.39, 0.29) is 30.2 Å². The van der Waals surface area contributed by atoms with E-state index in [1.807, 2.05) is 0 Å². The summed E-state index contributed by atoms with van der Waals surface area (Å²) in [6, 6.07) is 3.49. The summed E-state index contributed by atoms with van der Waals surface area (Å²) < 4.78 is 136. The summed E-state index contributed by atoms with van der Waals surface area (Å²) in [5.74, 6) is -1.65. The highest BCUT2D eigenvalue weighted by Gasteiger charge is 2.71. The van der Waals surface area contributed by atoms with Crippen LogP contribution in [-0.2, 0) is 26.8 Å². The van der Waals surface area contributed by atoms with E-state index in [4.69, 9.17) is 0 Å². The molecule has 3 N–H and O–H groups in total. The summed E-state index contributed by atoms with van der Waals surface area (Å²) in [7, 11) is -4.68. The van der Waals surface area contributed by atoms with Crippen molar-refractivity contribution < 1.29 is 58.5 Å². The zero-order valence-corrected chi connectivity index (χ0v) is 22.3. The molecule has 0 bridgehead atoms. The Morgan fingerprint density at radius 2 is 1.59 bits per heavy atom. The van der Waals surface area contributed by atoms with Crippen molar-refractivity contribution in [2.24, 2.45) is 0 Å². The Labute approximate surface area is 229 Å². The van der Waals surface area contributed by atoms with Crippen molar-refractivity contribution in [2.45, 2.75) is 73.8 Å². The number of hydrogen-bond acceptors (Lipinski definition) is 5. The van der Waals surface area contributed by atoms with Crippen LogP contribution in [0.3, 0.4) is 0 Å². The molecule has 0 aliphatic carbocycles. The second-order valence-corrected chi connectivity index (χ2v) is 11.9. The third-order valence-corrected chi connectivity index (χ3v) is 8.55. The molecule has 16 heteroatoms. The van der Waals surface area contributed by atoms with Crippen LogP contribution in [0.25, 0.3) is 0 Å². The van der Waals surface area contributed by atoms with Gasteiger partial charge < -0.3 is 15.5 Å². The summed E-state index contributed by atoms with van der Waals surface area (Å²) in [5, 5.41) is 21.7. The Morgan fingerprint density at radius 1 is 1.02 bits per heavy atom. The molecule has 1 amide bonds. The Bertz CT molecular complexity index is 1360. The van der Waals surface area contributed by atoms with E-state index in [1.165, 1.54) is 0 Å². The first-order valence-corrected chi connectivity index (χ1v) is 13.5.